The van der Waals surface area contributed by atoms with Crippen molar-refractivity contribution in [2.45, 2.75) is 19.8 Å². The number of rotatable bonds is 5. The predicted octanol–water partition coefficient (Wildman–Crippen LogP) is 2.95. The Bertz CT molecular complexity index is 1090. The summed E-state index contributed by atoms with van der Waals surface area (Å²) in [6, 6.07) is 7.32. The average molecular weight is 392 g/mol. The highest BCUT2D eigenvalue weighted by molar-refractivity contribution is 7.16. The van der Waals surface area contributed by atoms with Crippen LogP contribution in [0.1, 0.15) is 35.1 Å². The fraction of sp³-hybridized carbons (Fsp3) is 0.167. The SMILES string of the molecule is CC(C)c1sc(NC(=O)c2cnnn2-c2ccncn2)nc1-c1ccccn1. The molecule has 1 amide bonds. The quantitative estimate of drug-likeness (QED) is 0.556. The van der Waals surface area contributed by atoms with Gasteiger partial charge in [0.1, 0.15) is 12.0 Å². The van der Waals surface area contributed by atoms with E-state index in [9.17, 15) is 4.79 Å². The largest absolute Gasteiger partial charge is 0.296 e. The number of carbonyl (C=O) groups excluding carboxylic acids is 1. The van der Waals surface area contributed by atoms with Crippen LogP contribution < -0.4 is 5.32 Å². The van der Waals surface area contributed by atoms with Gasteiger partial charge in [-0.1, -0.05) is 25.1 Å². The number of pyridine rings is 1. The third-order valence-electron chi connectivity index (χ3n) is 3.87. The Morgan fingerprint density at radius 3 is 2.79 bits per heavy atom. The van der Waals surface area contributed by atoms with Crippen molar-refractivity contribution >= 4 is 22.4 Å². The number of amides is 1. The van der Waals surface area contributed by atoms with Crippen LogP contribution in [0.4, 0.5) is 5.13 Å². The molecule has 0 fully saturated rings. The van der Waals surface area contributed by atoms with E-state index >= 15 is 0 Å². The first-order valence-electron chi connectivity index (χ1n) is 8.54. The summed E-state index contributed by atoms with van der Waals surface area (Å²) in [5.74, 6) is 0.322. The molecule has 0 atom stereocenters. The van der Waals surface area contributed by atoms with Gasteiger partial charge in [0, 0.05) is 23.3 Å². The Morgan fingerprint density at radius 2 is 2.07 bits per heavy atom. The second-order valence-corrected chi connectivity index (χ2v) is 7.18. The number of hydrogen-bond donors (Lipinski definition) is 1. The number of nitrogens with zero attached hydrogens (tertiary/aromatic N) is 7. The second kappa shape index (κ2) is 7.61. The molecule has 0 aliphatic carbocycles. The molecule has 0 saturated heterocycles. The van der Waals surface area contributed by atoms with Crippen LogP contribution >= 0.6 is 11.3 Å². The van der Waals surface area contributed by atoms with Crippen molar-refractivity contribution in [3.63, 3.8) is 0 Å². The number of aromatic nitrogens is 7. The van der Waals surface area contributed by atoms with Crippen molar-refractivity contribution in [1.29, 1.82) is 0 Å². The highest BCUT2D eigenvalue weighted by Crippen LogP contribution is 2.35. The van der Waals surface area contributed by atoms with Gasteiger partial charge in [0.05, 0.1) is 11.9 Å². The van der Waals surface area contributed by atoms with Crippen molar-refractivity contribution in [3.05, 3.63) is 59.8 Å². The summed E-state index contributed by atoms with van der Waals surface area (Å²) < 4.78 is 1.35. The van der Waals surface area contributed by atoms with Crippen LogP contribution in [0.25, 0.3) is 17.2 Å². The van der Waals surface area contributed by atoms with Crippen molar-refractivity contribution in [3.8, 4) is 17.2 Å². The van der Waals surface area contributed by atoms with Crippen LogP contribution in [0.15, 0.2) is 49.2 Å². The van der Waals surface area contributed by atoms with Gasteiger partial charge in [-0.2, -0.15) is 4.68 Å². The maximum atomic E-state index is 12.8. The number of nitrogens with one attached hydrogen (secondary N) is 1. The van der Waals surface area contributed by atoms with Gasteiger partial charge >= 0.3 is 0 Å². The molecule has 9 nitrogen and oxygen atoms in total. The lowest BCUT2D eigenvalue weighted by molar-refractivity contribution is 0.101. The maximum absolute atomic E-state index is 12.8. The van der Waals surface area contributed by atoms with E-state index in [4.69, 9.17) is 0 Å². The Labute approximate surface area is 164 Å². The van der Waals surface area contributed by atoms with Gasteiger partial charge in [0.25, 0.3) is 5.91 Å². The lowest BCUT2D eigenvalue weighted by Gasteiger charge is -2.04. The van der Waals surface area contributed by atoms with Gasteiger partial charge in [-0.15, -0.1) is 16.4 Å². The van der Waals surface area contributed by atoms with E-state index in [1.807, 2.05) is 18.2 Å². The summed E-state index contributed by atoms with van der Waals surface area (Å²) in [6.45, 7) is 4.17. The zero-order valence-electron chi connectivity index (χ0n) is 15.1. The molecule has 4 aromatic heterocycles. The molecule has 28 heavy (non-hydrogen) atoms. The van der Waals surface area contributed by atoms with Crippen molar-refractivity contribution in [1.82, 2.24) is 34.9 Å². The fourth-order valence-electron chi connectivity index (χ4n) is 2.59. The van der Waals surface area contributed by atoms with Crippen LogP contribution in [0.2, 0.25) is 0 Å². The lowest BCUT2D eigenvalue weighted by atomic mass is 10.1. The average Bonchev–Trinajstić information content (AvgIpc) is 3.37. The molecule has 0 bridgehead atoms. The lowest BCUT2D eigenvalue weighted by Crippen LogP contribution is -2.17. The van der Waals surface area contributed by atoms with Gasteiger partial charge in [0.2, 0.25) is 0 Å². The van der Waals surface area contributed by atoms with Crippen molar-refractivity contribution in [2.24, 2.45) is 0 Å². The van der Waals surface area contributed by atoms with Crippen molar-refractivity contribution in [2.75, 3.05) is 5.32 Å². The van der Waals surface area contributed by atoms with Gasteiger partial charge in [-0.3, -0.25) is 15.1 Å². The summed E-state index contributed by atoms with van der Waals surface area (Å²) in [6.07, 6.45) is 6.06. The van der Waals surface area contributed by atoms with E-state index in [0.717, 1.165) is 16.3 Å². The van der Waals surface area contributed by atoms with E-state index in [1.54, 1.807) is 18.5 Å². The first kappa shape index (κ1) is 17.9. The van der Waals surface area contributed by atoms with Gasteiger partial charge in [-0.25, -0.2) is 15.0 Å². The minimum atomic E-state index is -0.375. The van der Waals surface area contributed by atoms with Gasteiger partial charge < -0.3 is 0 Å². The summed E-state index contributed by atoms with van der Waals surface area (Å²) >= 11 is 1.43. The Morgan fingerprint density at radius 1 is 1.18 bits per heavy atom. The van der Waals surface area contributed by atoms with E-state index in [0.29, 0.717) is 10.9 Å². The Balaban J connectivity index is 1.64. The summed E-state index contributed by atoms with van der Waals surface area (Å²) in [5, 5.41) is 11.1. The van der Waals surface area contributed by atoms with Crippen LogP contribution in [0.3, 0.4) is 0 Å². The smallest absolute Gasteiger partial charge is 0.277 e. The fourth-order valence-corrected chi connectivity index (χ4v) is 3.56. The van der Waals surface area contributed by atoms with Crippen LogP contribution in [0.5, 0.6) is 0 Å². The molecule has 0 radical (unpaired) electrons. The number of anilines is 1. The molecule has 0 saturated carbocycles. The number of carbonyl (C=O) groups is 1. The zero-order valence-corrected chi connectivity index (χ0v) is 16.0. The molecule has 0 aliphatic heterocycles. The molecular weight excluding hydrogens is 376 g/mol. The molecule has 0 aromatic carbocycles. The minimum absolute atomic E-state index is 0.244. The van der Waals surface area contributed by atoms with Crippen LogP contribution in [-0.2, 0) is 0 Å². The molecule has 4 heterocycles. The van der Waals surface area contributed by atoms with E-state index in [1.165, 1.54) is 28.5 Å². The van der Waals surface area contributed by atoms with Crippen LogP contribution in [0, 0.1) is 0 Å². The van der Waals surface area contributed by atoms with E-state index in [2.05, 4.69) is 49.4 Å². The molecule has 0 spiro atoms. The molecular formula is C18H16N8OS. The summed E-state index contributed by atoms with van der Waals surface area (Å²) in [7, 11) is 0. The topological polar surface area (TPSA) is 111 Å². The first-order valence-corrected chi connectivity index (χ1v) is 9.35. The normalized spacial score (nSPS) is 11.0. The highest BCUT2D eigenvalue weighted by atomic mass is 32.1. The molecule has 4 aromatic rings. The number of thiazole rings is 1. The Hall–Kier alpha value is -3.53. The third-order valence-corrected chi connectivity index (χ3v) is 5.14. The second-order valence-electron chi connectivity index (χ2n) is 6.15. The van der Waals surface area contributed by atoms with Crippen LogP contribution in [-0.4, -0.2) is 40.8 Å². The first-order chi connectivity index (χ1) is 13.6. The standard InChI is InChI=1S/C18H16N8OS/c1-11(2)16-15(12-5-3-4-7-20-12)23-18(28-16)24-17(27)13-9-22-25-26(13)14-6-8-19-10-21-14/h3-11H,1-2H3,(H,23,24,27). The monoisotopic (exact) mass is 392 g/mol. The Kier molecular flexibility index (Phi) is 4.85. The van der Waals surface area contributed by atoms with E-state index < -0.39 is 0 Å². The molecule has 140 valence electrons. The third kappa shape index (κ3) is 3.49. The number of hydrogen-bond acceptors (Lipinski definition) is 8. The summed E-state index contributed by atoms with van der Waals surface area (Å²) in [5.41, 5.74) is 1.80. The molecule has 0 unspecified atom stereocenters. The van der Waals surface area contributed by atoms with E-state index in [-0.39, 0.29) is 17.5 Å². The highest BCUT2D eigenvalue weighted by Gasteiger charge is 2.21. The van der Waals surface area contributed by atoms with Gasteiger partial charge in [-0.05, 0) is 18.1 Å². The minimum Gasteiger partial charge on any atom is -0.296 e. The molecule has 10 heteroatoms. The molecule has 4 rings (SSSR count). The molecule has 0 aliphatic rings. The summed E-state index contributed by atoms with van der Waals surface area (Å²) in [4.78, 5) is 30.8. The van der Waals surface area contributed by atoms with Crippen molar-refractivity contribution < 1.29 is 4.79 Å². The van der Waals surface area contributed by atoms with Gasteiger partial charge in [0.15, 0.2) is 16.6 Å². The zero-order chi connectivity index (χ0) is 19.5. The molecule has 1 N–H and O–H groups in total. The predicted molar refractivity (Wildman–Crippen MR) is 104 cm³/mol. The maximum Gasteiger partial charge on any atom is 0.277 e.